The van der Waals surface area contributed by atoms with Crippen LogP contribution in [0.25, 0.3) is 6.08 Å². The Kier molecular flexibility index (Phi) is 6.09. The van der Waals surface area contributed by atoms with Gasteiger partial charge in [-0.2, -0.15) is 0 Å². The molecular weight excluding hydrogens is 416 g/mol. The summed E-state index contributed by atoms with van der Waals surface area (Å²) in [5, 5.41) is 2.26. The summed E-state index contributed by atoms with van der Waals surface area (Å²) >= 11 is 0. The highest BCUT2D eigenvalue weighted by molar-refractivity contribution is 6.39. The number of nitrogens with one attached hydrogen (secondary N) is 1. The van der Waals surface area contributed by atoms with Crippen LogP contribution in [0.3, 0.4) is 0 Å². The molecule has 166 valence electrons. The summed E-state index contributed by atoms with van der Waals surface area (Å²) in [6.45, 7) is 6.20. The molecule has 0 atom stereocenters. The molecule has 0 aromatic heterocycles. The lowest BCUT2D eigenvalue weighted by Crippen LogP contribution is -2.54. The van der Waals surface area contributed by atoms with E-state index in [-0.39, 0.29) is 5.57 Å². The van der Waals surface area contributed by atoms with E-state index >= 15 is 0 Å². The number of hydrogen-bond acceptors (Lipinski definition) is 4. The van der Waals surface area contributed by atoms with Gasteiger partial charge in [-0.05, 0) is 61.7 Å². The Morgan fingerprint density at radius 2 is 1.67 bits per heavy atom. The minimum atomic E-state index is -0.769. The molecule has 33 heavy (non-hydrogen) atoms. The molecule has 0 radical (unpaired) electrons. The van der Waals surface area contributed by atoms with Gasteiger partial charge in [0.2, 0.25) is 0 Å². The molecule has 1 fully saturated rings. The van der Waals surface area contributed by atoms with Gasteiger partial charge in [0.25, 0.3) is 11.8 Å². The van der Waals surface area contributed by atoms with Gasteiger partial charge in [0.15, 0.2) is 0 Å². The van der Waals surface area contributed by atoms with Gasteiger partial charge >= 0.3 is 6.03 Å². The van der Waals surface area contributed by atoms with Gasteiger partial charge in [-0.25, -0.2) is 9.69 Å². The normalized spacial score (nSPS) is 15.1. The van der Waals surface area contributed by atoms with E-state index in [2.05, 4.69) is 5.32 Å². The fourth-order valence-electron chi connectivity index (χ4n) is 3.61. The Bertz CT molecular complexity index is 1290. The molecule has 0 saturated carbocycles. The number of rotatable bonds is 5. The molecular formula is C27H24N2O4. The zero-order valence-electron chi connectivity index (χ0n) is 18.7. The largest absolute Gasteiger partial charge is 0.488 e. The first-order valence-corrected chi connectivity index (χ1v) is 10.6. The van der Waals surface area contributed by atoms with Crippen molar-refractivity contribution in [1.29, 1.82) is 0 Å². The molecule has 0 unspecified atom stereocenters. The van der Waals surface area contributed by atoms with E-state index in [1.165, 1.54) is 6.08 Å². The van der Waals surface area contributed by atoms with E-state index in [4.69, 9.17) is 4.74 Å². The lowest BCUT2D eigenvalue weighted by molar-refractivity contribution is -0.122. The fraction of sp³-hybridized carbons (Fsp3) is 0.148. The average molecular weight is 440 g/mol. The summed E-state index contributed by atoms with van der Waals surface area (Å²) < 4.78 is 5.98. The first kappa shape index (κ1) is 22.0. The predicted octanol–water partition coefficient (Wildman–Crippen LogP) is 4.86. The second kappa shape index (κ2) is 9.12. The molecule has 0 aliphatic carbocycles. The van der Waals surface area contributed by atoms with Crippen LogP contribution < -0.4 is 15.0 Å². The second-order valence-corrected chi connectivity index (χ2v) is 8.04. The second-order valence-electron chi connectivity index (χ2n) is 8.04. The number of benzene rings is 3. The minimum Gasteiger partial charge on any atom is -0.488 e. The fourth-order valence-corrected chi connectivity index (χ4v) is 3.61. The molecule has 4 rings (SSSR count). The molecule has 1 heterocycles. The van der Waals surface area contributed by atoms with E-state index in [0.29, 0.717) is 23.6 Å². The third-order valence-corrected chi connectivity index (χ3v) is 5.55. The maximum atomic E-state index is 13.2. The van der Waals surface area contributed by atoms with Gasteiger partial charge in [-0.3, -0.25) is 14.9 Å². The summed E-state index contributed by atoms with van der Waals surface area (Å²) in [4.78, 5) is 39.2. The van der Waals surface area contributed by atoms with Crippen LogP contribution in [0.1, 0.15) is 27.8 Å². The van der Waals surface area contributed by atoms with E-state index in [1.807, 2.05) is 57.2 Å². The lowest BCUT2D eigenvalue weighted by Gasteiger charge is -2.27. The molecule has 0 bridgehead atoms. The Labute approximate surface area is 192 Å². The van der Waals surface area contributed by atoms with E-state index < -0.39 is 17.8 Å². The number of urea groups is 1. The number of imide groups is 2. The molecule has 3 aromatic carbocycles. The van der Waals surface area contributed by atoms with Crippen molar-refractivity contribution in [2.24, 2.45) is 0 Å². The van der Waals surface area contributed by atoms with E-state index in [9.17, 15) is 14.4 Å². The van der Waals surface area contributed by atoms with Crippen LogP contribution in [-0.4, -0.2) is 17.8 Å². The third-order valence-electron chi connectivity index (χ3n) is 5.55. The van der Waals surface area contributed by atoms with E-state index in [0.717, 1.165) is 27.2 Å². The number of carbonyl (C=O) groups is 3. The topological polar surface area (TPSA) is 75.7 Å². The van der Waals surface area contributed by atoms with Crippen molar-refractivity contribution in [3.05, 3.63) is 100 Å². The molecule has 3 aromatic rings. The summed E-state index contributed by atoms with van der Waals surface area (Å²) in [6.07, 6.45) is 1.46. The number of amides is 4. The highest BCUT2D eigenvalue weighted by Gasteiger charge is 2.37. The van der Waals surface area contributed by atoms with Crippen LogP contribution in [0.15, 0.2) is 72.3 Å². The van der Waals surface area contributed by atoms with Crippen LogP contribution in [0, 0.1) is 20.8 Å². The molecule has 4 amide bonds. The molecule has 1 aliphatic rings. The number of nitrogens with zero attached hydrogens (tertiary/aromatic N) is 1. The van der Waals surface area contributed by atoms with Crippen molar-refractivity contribution in [2.75, 3.05) is 4.90 Å². The van der Waals surface area contributed by atoms with Gasteiger partial charge in [0.1, 0.15) is 17.9 Å². The first-order chi connectivity index (χ1) is 15.8. The van der Waals surface area contributed by atoms with Crippen molar-refractivity contribution < 1.29 is 19.1 Å². The van der Waals surface area contributed by atoms with E-state index in [1.54, 1.807) is 30.3 Å². The zero-order chi connectivity index (χ0) is 23.5. The summed E-state index contributed by atoms with van der Waals surface area (Å²) in [6, 6.07) is 19.6. The summed E-state index contributed by atoms with van der Waals surface area (Å²) in [5.74, 6) is -0.888. The summed E-state index contributed by atoms with van der Waals surface area (Å²) in [5.41, 5.74) is 4.95. The Hall–Kier alpha value is -4.19. The van der Waals surface area contributed by atoms with Crippen molar-refractivity contribution in [3.8, 4) is 5.75 Å². The Morgan fingerprint density at radius 1 is 0.879 bits per heavy atom. The van der Waals surface area contributed by atoms with Crippen molar-refractivity contribution in [1.82, 2.24) is 5.32 Å². The predicted molar refractivity (Wildman–Crippen MR) is 127 cm³/mol. The monoisotopic (exact) mass is 440 g/mol. The Balaban J connectivity index is 1.65. The number of aryl methyl sites for hydroxylation is 3. The van der Waals surface area contributed by atoms with Crippen molar-refractivity contribution in [3.63, 3.8) is 0 Å². The number of para-hydroxylation sites is 1. The zero-order valence-corrected chi connectivity index (χ0v) is 18.7. The van der Waals surface area contributed by atoms with Gasteiger partial charge in [-0.15, -0.1) is 0 Å². The van der Waals surface area contributed by atoms with Crippen LogP contribution in [0.2, 0.25) is 0 Å². The van der Waals surface area contributed by atoms with Crippen molar-refractivity contribution >= 4 is 29.6 Å². The molecule has 0 spiro atoms. The maximum Gasteiger partial charge on any atom is 0.335 e. The Morgan fingerprint density at radius 3 is 2.42 bits per heavy atom. The number of ether oxygens (including phenoxy) is 1. The number of barbiturate groups is 1. The average Bonchev–Trinajstić information content (AvgIpc) is 2.78. The van der Waals surface area contributed by atoms with Crippen LogP contribution >= 0.6 is 0 Å². The number of carbonyl (C=O) groups excluding carboxylic acids is 3. The molecule has 1 saturated heterocycles. The van der Waals surface area contributed by atoms with Gasteiger partial charge in [-0.1, -0.05) is 54.1 Å². The molecule has 1 aliphatic heterocycles. The molecule has 1 N–H and O–H groups in total. The standard InChI is InChI=1S/C27H24N2O4/c1-17-7-6-8-20(13-17)16-33-24-10-5-4-9-21(24)15-23-25(30)28-27(32)29(26(23)31)22-12-11-18(2)19(3)14-22/h4-15H,16H2,1-3H3,(H,28,30,32)/b23-15+. The van der Waals surface area contributed by atoms with Crippen LogP contribution in [0.4, 0.5) is 10.5 Å². The maximum absolute atomic E-state index is 13.2. The van der Waals surface area contributed by atoms with Gasteiger partial charge in [0.05, 0.1) is 5.69 Å². The van der Waals surface area contributed by atoms with Crippen LogP contribution in [-0.2, 0) is 16.2 Å². The molecule has 6 nitrogen and oxygen atoms in total. The summed E-state index contributed by atoms with van der Waals surface area (Å²) in [7, 11) is 0. The SMILES string of the molecule is Cc1cccc(COc2ccccc2/C=C2\C(=O)NC(=O)N(c3ccc(C)c(C)c3)C2=O)c1. The third kappa shape index (κ3) is 4.70. The highest BCUT2D eigenvalue weighted by Crippen LogP contribution is 2.27. The lowest BCUT2D eigenvalue weighted by atomic mass is 10.0. The van der Waals surface area contributed by atoms with Crippen molar-refractivity contribution in [2.45, 2.75) is 27.4 Å². The first-order valence-electron chi connectivity index (χ1n) is 10.6. The number of hydrogen-bond donors (Lipinski definition) is 1. The highest BCUT2D eigenvalue weighted by atomic mass is 16.5. The van der Waals surface area contributed by atoms with Gasteiger partial charge in [0, 0.05) is 5.56 Å². The van der Waals surface area contributed by atoms with Crippen LogP contribution in [0.5, 0.6) is 5.75 Å². The van der Waals surface area contributed by atoms with Gasteiger partial charge < -0.3 is 4.74 Å². The molecule has 6 heteroatoms. The number of anilines is 1. The quantitative estimate of drug-likeness (QED) is 0.454. The minimum absolute atomic E-state index is 0.139. The smallest absolute Gasteiger partial charge is 0.335 e.